The molecule has 1 aromatic carbocycles. The van der Waals surface area contributed by atoms with E-state index in [0.717, 1.165) is 0 Å². The van der Waals surface area contributed by atoms with Gasteiger partial charge in [0, 0.05) is 0 Å². The van der Waals surface area contributed by atoms with Crippen LogP contribution in [0.25, 0.3) is 11.4 Å². The average Bonchev–Trinajstić information content (AvgIpc) is 2.55. The normalized spacial score (nSPS) is 9.68. The van der Waals surface area contributed by atoms with Gasteiger partial charge in [0.1, 0.15) is 12.2 Å². The van der Waals surface area contributed by atoms with Crippen LogP contribution >= 0.6 is 0 Å². The van der Waals surface area contributed by atoms with Crippen molar-refractivity contribution in [2.45, 2.75) is 6.42 Å². The van der Waals surface area contributed by atoms with Crippen LogP contribution in [0.2, 0.25) is 0 Å². The summed E-state index contributed by atoms with van der Waals surface area (Å²) in [6, 6.07) is 8.54. The Hall–Kier alpha value is -3.21. The number of rotatable bonds is 5. The first-order chi connectivity index (χ1) is 10.7. The van der Waals surface area contributed by atoms with Gasteiger partial charge in [-0.1, -0.05) is 12.1 Å². The zero-order valence-electron chi connectivity index (χ0n) is 11.9. The minimum Gasteiger partial charge on any atom is -0.467 e. The van der Waals surface area contributed by atoms with Crippen molar-refractivity contribution in [1.29, 1.82) is 5.26 Å². The lowest BCUT2D eigenvalue weighted by atomic mass is 10.2. The van der Waals surface area contributed by atoms with Gasteiger partial charge >= 0.3 is 18.0 Å². The van der Waals surface area contributed by atoms with Gasteiger partial charge in [-0.3, -0.25) is 4.79 Å². The smallest absolute Gasteiger partial charge is 0.325 e. The topological polar surface area (TPSA) is 107 Å². The van der Waals surface area contributed by atoms with Crippen LogP contribution in [0.3, 0.4) is 0 Å². The molecule has 0 saturated heterocycles. The SMILES string of the molecule is COc1nc(OC)nc(-c2ccccc2OC(=O)CC#N)n1. The maximum absolute atomic E-state index is 11.5. The number of nitriles is 1. The Kier molecular flexibility index (Phi) is 4.82. The number of carbonyl (C=O) groups excluding carboxylic acids is 1. The Labute approximate surface area is 126 Å². The molecule has 0 amide bonds. The van der Waals surface area contributed by atoms with Crippen LogP contribution in [-0.4, -0.2) is 35.1 Å². The lowest BCUT2D eigenvalue weighted by Crippen LogP contribution is -2.08. The van der Waals surface area contributed by atoms with Crippen LogP contribution < -0.4 is 14.2 Å². The van der Waals surface area contributed by atoms with E-state index in [1.54, 1.807) is 30.3 Å². The van der Waals surface area contributed by atoms with Crippen molar-refractivity contribution in [3.05, 3.63) is 24.3 Å². The van der Waals surface area contributed by atoms with E-state index < -0.39 is 5.97 Å². The number of para-hydroxylation sites is 1. The molecule has 1 aromatic heterocycles. The first kappa shape index (κ1) is 15.2. The number of hydrogen-bond acceptors (Lipinski definition) is 8. The molecule has 0 bridgehead atoms. The zero-order chi connectivity index (χ0) is 15.9. The van der Waals surface area contributed by atoms with Crippen LogP contribution in [0.1, 0.15) is 6.42 Å². The van der Waals surface area contributed by atoms with Crippen LogP contribution in [0.5, 0.6) is 17.8 Å². The van der Waals surface area contributed by atoms with Crippen molar-refractivity contribution in [3.8, 4) is 35.2 Å². The summed E-state index contributed by atoms with van der Waals surface area (Å²) >= 11 is 0. The molecule has 2 aromatic rings. The van der Waals surface area contributed by atoms with Crippen molar-refractivity contribution < 1.29 is 19.0 Å². The van der Waals surface area contributed by atoms with Gasteiger partial charge in [-0.2, -0.15) is 15.2 Å². The first-order valence-corrected chi connectivity index (χ1v) is 6.19. The maximum Gasteiger partial charge on any atom is 0.325 e. The molecule has 8 heteroatoms. The molecule has 0 unspecified atom stereocenters. The number of carbonyl (C=O) groups is 1. The molecule has 8 nitrogen and oxygen atoms in total. The number of nitrogens with zero attached hydrogens (tertiary/aromatic N) is 4. The summed E-state index contributed by atoms with van der Waals surface area (Å²) in [6.45, 7) is 0. The summed E-state index contributed by atoms with van der Waals surface area (Å²) in [5.41, 5.74) is 0.452. The molecular formula is C14H12N4O4. The molecule has 0 atom stereocenters. The number of methoxy groups -OCH3 is 2. The fourth-order valence-electron chi connectivity index (χ4n) is 1.60. The summed E-state index contributed by atoms with van der Waals surface area (Å²) in [5, 5.41) is 8.52. The predicted octanol–water partition coefficient (Wildman–Crippen LogP) is 1.37. The molecule has 112 valence electrons. The van der Waals surface area contributed by atoms with E-state index in [0.29, 0.717) is 5.56 Å². The molecule has 0 spiro atoms. The highest BCUT2D eigenvalue weighted by molar-refractivity contribution is 5.77. The van der Waals surface area contributed by atoms with Crippen molar-refractivity contribution in [2.75, 3.05) is 14.2 Å². The second kappa shape index (κ2) is 6.99. The van der Waals surface area contributed by atoms with Crippen molar-refractivity contribution in [2.24, 2.45) is 0 Å². The van der Waals surface area contributed by atoms with Gasteiger partial charge in [-0.05, 0) is 12.1 Å². The Morgan fingerprint density at radius 2 is 1.77 bits per heavy atom. The Balaban J connectivity index is 2.44. The van der Waals surface area contributed by atoms with Crippen molar-refractivity contribution in [1.82, 2.24) is 15.0 Å². The van der Waals surface area contributed by atoms with Gasteiger partial charge in [0.05, 0.1) is 25.9 Å². The molecule has 0 N–H and O–H groups in total. The summed E-state index contributed by atoms with van der Waals surface area (Å²) < 4.78 is 15.1. The lowest BCUT2D eigenvalue weighted by Gasteiger charge is -2.09. The van der Waals surface area contributed by atoms with E-state index in [1.807, 2.05) is 0 Å². The van der Waals surface area contributed by atoms with Gasteiger partial charge < -0.3 is 14.2 Å². The monoisotopic (exact) mass is 300 g/mol. The van der Waals surface area contributed by atoms with Crippen molar-refractivity contribution in [3.63, 3.8) is 0 Å². The predicted molar refractivity (Wildman–Crippen MR) is 74.2 cm³/mol. The molecular weight excluding hydrogens is 288 g/mol. The van der Waals surface area contributed by atoms with E-state index in [1.165, 1.54) is 14.2 Å². The first-order valence-electron chi connectivity index (χ1n) is 6.19. The maximum atomic E-state index is 11.5. The molecule has 0 radical (unpaired) electrons. The third-order valence-electron chi connectivity index (χ3n) is 2.53. The number of esters is 1. The average molecular weight is 300 g/mol. The summed E-state index contributed by atoms with van der Waals surface area (Å²) in [6.07, 6.45) is -0.349. The lowest BCUT2D eigenvalue weighted by molar-refractivity contribution is -0.133. The quantitative estimate of drug-likeness (QED) is 0.602. The van der Waals surface area contributed by atoms with Gasteiger partial charge in [0.15, 0.2) is 5.82 Å². The second-order valence-corrected chi connectivity index (χ2v) is 3.94. The van der Waals surface area contributed by atoms with Gasteiger partial charge in [-0.15, -0.1) is 4.98 Å². The number of aromatic nitrogens is 3. The van der Waals surface area contributed by atoms with Gasteiger partial charge in [-0.25, -0.2) is 0 Å². The Morgan fingerprint density at radius 3 is 2.36 bits per heavy atom. The Bertz CT molecular complexity index is 705. The number of hydrogen-bond donors (Lipinski definition) is 0. The summed E-state index contributed by atoms with van der Waals surface area (Å²) in [7, 11) is 2.83. The molecule has 0 saturated carbocycles. The van der Waals surface area contributed by atoms with E-state index in [2.05, 4.69) is 15.0 Å². The van der Waals surface area contributed by atoms with Crippen LogP contribution in [-0.2, 0) is 4.79 Å². The molecule has 22 heavy (non-hydrogen) atoms. The standard InChI is InChI=1S/C14H12N4O4/c1-20-13-16-12(17-14(18-13)21-2)9-5-3-4-6-10(9)22-11(19)7-8-15/h3-6H,7H2,1-2H3. The fourth-order valence-corrected chi connectivity index (χ4v) is 1.60. The second-order valence-electron chi connectivity index (χ2n) is 3.94. The van der Waals surface area contributed by atoms with Crippen LogP contribution in [0.15, 0.2) is 24.3 Å². The van der Waals surface area contributed by atoms with E-state index in [4.69, 9.17) is 19.5 Å². The van der Waals surface area contributed by atoms with Gasteiger partial charge in [0.25, 0.3) is 0 Å². The highest BCUT2D eigenvalue weighted by atomic mass is 16.5. The van der Waals surface area contributed by atoms with E-state index in [9.17, 15) is 4.79 Å². The molecule has 0 aliphatic carbocycles. The van der Waals surface area contributed by atoms with Crippen LogP contribution in [0, 0.1) is 11.3 Å². The minimum absolute atomic E-state index is 0.0694. The molecule has 0 fully saturated rings. The highest BCUT2D eigenvalue weighted by Crippen LogP contribution is 2.29. The van der Waals surface area contributed by atoms with E-state index >= 15 is 0 Å². The largest absolute Gasteiger partial charge is 0.467 e. The third kappa shape index (κ3) is 3.46. The molecule has 2 rings (SSSR count). The number of ether oxygens (including phenoxy) is 3. The third-order valence-corrected chi connectivity index (χ3v) is 2.53. The molecule has 1 heterocycles. The zero-order valence-corrected chi connectivity index (χ0v) is 11.9. The Morgan fingerprint density at radius 1 is 1.14 bits per heavy atom. The molecule has 0 aliphatic rings. The highest BCUT2D eigenvalue weighted by Gasteiger charge is 2.15. The minimum atomic E-state index is -0.664. The molecule has 0 aliphatic heterocycles. The van der Waals surface area contributed by atoms with Crippen molar-refractivity contribution >= 4 is 5.97 Å². The summed E-state index contributed by atoms with van der Waals surface area (Å²) in [5.74, 6) is -0.204. The van der Waals surface area contributed by atoms with Gasteiger partial charge in [0.2, 0.25) is 0 Å². The fraction of sp³-hybridized carbons (Fsp3) is 0.214. The van der Waals surface area contributed by atoms with Crippen LogP contribution in [0.4, 0.5) is 0 Å². The van der Waals surface area contributed by atoms with E-state index in [-0.39, 0.29) is 30.0 Å². The summed E-state index contributed by atoms with van der Waals surface area (Å²) in [4.78, 5) is 23.6. The number of benzene rings is 1.